The van der Waals surface area contributed by atoms with Gasteiger partial charge in [-0.2, -0.15) is 0 Å². The number of ether oxygens (including phenoxy) is 1. The van der Waals surface area contributed by atoms with E-state index in [2.05, 4.69) is 4.74 Å². The van der Waals surface area contributed by atoms with Crippen LogP contribution >= 0.6 is 11.6 Å². The first-order valence-electron chi connectivity index (χ1n) is 3.27. The lowest BCUT2D eigenvalue weighted by Crippen LogP contribution is -2.31. The minimum atomic E-state index is -1.58. The number of hydrogen-bond donors (Lipinski definition) is 0. The molecular weight excluding hydrogens is 200 g/mol. The second-order valence-electron chi connectivity index (χ2n) is 2.22. The van der Waals surface area contributed by atoms with E-state index in [0.717, 1.165) is 13.8 Å². The number of halogens is 1. The molecule has 0 heterocycles. The standard InChI is InChI=1S/C7H7ClO5/c1-3(9)5(8)6(11)7(12)13-4(2)10/h5H,1-2H3. The van der Waals surface area contributed by atoms with Gasteiger partial charge in [0.05, 0.1) is 0 Å². The summed E-state index contributed by atoms with van der Waals surface area (Å²) >= 11 is 5.23. The molecule has 0 rings (SSSR count). The van der Waals surface area contributed by atoms with Gasteiger partial charge in [-0.15, -0.1) is 11.6 Å². The number of alkyl halides is 1. The van der Waals surface area contributed by atoms with E-state index in [0.29, 0.717) is 0 Å². The van der Waals surface area contributed by atoms with E-state index in [-0.39, 0.29) is 0 Å². The van der Waals surface area contributed by atoms with Crippen molar-refractivity contribution in [1.29, 1.82) is 0 Å². The highest BCUT2D eigenvalue weighted by Crippen LogP contribution is 2.00. The number of carbonyl (C=O) groups is 4. The zero-order chi connectivity index (χ0) is 10.6. The molecule has 72 valence electrons. The largest absolute Gasteiger partial charge is 0.387 e. The van der Waals surface area contributed by atoms with Gasteiger partial charge in [0.2, 0.25) is 0 Å². The van der Waals surface area contributed by atoms with Crippen LogP contribution in [0.2, 0.25) is 0 Å². The van der Waals surface area contributed by atoms with Crippen LogP contribution in [0.3, 0.4) is 0 Å². The van der Waals surface area contributed by atoms with Crippen LogP contribution in [0.15, 0.2) is 0 Å². The maximum atomic E-state index is 10.8. The van der Waals surface area contributed by atoms with E-state index in [1.165, 1.54) is 0 Å². The molecule has 5 nitrogen and oxygen atoms in total. The number of esters is 2. The van der Waals surface area contributed by atoms with Crippen LogP contribution in [0.25, 0.3) is 0 Å². The number of hydrogen-bond acceptors (Lipinski definition) is 5. The first kappa shape index (κ1) is 11.8. The molecule has 0 amide bonds. The zero-order valence-electron chi connectivity index (χ0n) is 7.00. The van der Waals surface area contributed by atoms with Crippen LogP contribution < -0.4 is 0 Å². The number of carbonyl (C=O) groups excluding carboxylic acids is 4. The number of rotatable bonds is 3. The van der Waals surface area contributed by atoms with Crippen molar-refractivity contribution in [3.63, 3.8) is 0 Å². The van der Waals surface area contributed by atoms with Gasteiger partial charge in [0, 0.05) is 6.92 Å². The van der Waals surface area contributed by atoms with E-state index in [1.807, 2.05) is 0 Å². The molecule has 1 atom stereocenters. The summed E-state index contributed by atoms with van der Waals surface area (Å²) in [5.74, 6) is -4.25. The van der Waals surface area contributed by atoms with Gasteiger partial charge >= 0.3 is 11.9 Å². The van der Waals surface area contributed by atoms with Gasteiger partial charge in [0.25, 0.3) is 5.78 Å². The minimum absolute atomic E-state index is 0.674. The van der Waals surface area contributed by atoms with Crippen molar-refractivity contribution in [3.05, 3.63) is 0 Å². The normalized spacial score (nSPS) is 11.6. The van der Waals surface area contributed by atoms with E-state index in [1.54, 1.807) is 0 Å². The molecule has 0 aliphatic heterocycles. The summed E-state index contributed by atoms with van der Waals surface area (Å²) in [6.07, 6.45) is 0. The fraction of sp³-hybridized carbons (Fsp3) is 0.429. The lowest BCUT2D eigenvalue weighted by atomic mass is 10.2. The molecule has 0 aliphatic carbocycles. The average molecular weight is 207 g/mol. The second-order valence-corrected chi connectivity index (χ2v) is 2.65. The maximum Gasteiger partial charge on any atom is 0.384 e. The van der Waals surface area contributed by atoms with Crippen LogP contribution in [0, 0.1) is 0 Å². The summed E-state index contributed by atoms with van der Waals surface area (Å²) in [6, 6.07) is 0. The van der Waals surface area contributed by atoms with Gasteiger partial charge in [0.1, 0.15) is 0 Å². The summed E-state index contributed by atoms with van der Waals surface area (Å²) in [7, 11) is 0. The summed E-state index contributed by atoms with van der Waals surface area (Å²) in [5, 5.41) is -1.58. The average Bonchev–Trinajstić information content (AvgIpc) is 2.00. The van der Waals surface area contributed by atoms with Crippen LogP contribution in [-0.4, -0.2) is 28.9 Å². The van der Waals surface area contributed by atoms with E-state index in [9.17, 15) is 19.2 Å². The van der Waals surface area contributed by atoms with Crippen molar-refractivity contribution in [2.45, 2.75) is 19.2 Å². The molecule has 0 fully saturated rings. The molecule has 0 N–H and O–H groups in total. The van der Waals surface area contributed by atoms with Crippen molar-refractivity contribution in [2.24, 2.45) is 0 Å². The topological polar surface area (TPSA) is 77.5 Å². The third-order valence-corrected chi connectivity index (χ3v) is 1.53. The van der Waals surface area contributed by atoms with Crippen LogP contribution in [0.4, 0.5) is 0 Å². The van der Waals surface area contributed by atoms with Crippen molar-refractivity contribution in [1.82, 2.24) is 0 Å². The van der Waals surface area contributed by atoms with E-state index >= 15 is 0 Å². The number of Topliss-reactive ketones (excluding diaryl/α,β-unsaturated/α-hetero) is 2. The summed E-state index contributed by atoms with van der Waals surface area (Å²) < 4.78 is 3.92. The minimum Gasteiger partial charge on any atom is -0.387 e. The molecule has 0 saturated carbocycles. The molecule has 0 radical (unpaired) electrons. The molecule has 0 aromatic rings. The smallest absolute Gasteiger partial charge is 0.384 e. The number of ketones is 2. The quantitative estimate of drug-likeness (QED) is 0.278. The highest BCUT2D eigenvalue weighted by molar-refractivity contribution is 6.55. The monoisotopic (exact) mass is 206 g/mol. The Morgan fingerprint density at radius 1 is 1.15 bits per heavy atom. The highest BCUT2D eigenvalue weighted by atomic mass is 35.5. The van der Waals surface area contributed by atoms with Crippen LogP contribution in [0.5, 0.6) is 0 Å². The summed E-state index contributed by atoms with van der Waals surface area (Å²) in [5.41, 5.74) is 0. The Labute approximate surface area is 79.0 Å². The Bertz CT molecular complexity index is 270. The van der Waals surface area contributed by atoms with E-state index in [4.69, 9.17) is 11.6 Å². The van der Waals surface area contributed by atoms with Crippen molar-refractivity contribution in [3.8, 4) is 0 Å². The Morgan fingerprint density at radius 2 is 1.62 bits per heavy atom. The summed E-state index contributed by atoms with van der Waals surface area (Å²) in [4.78, 5) is 42.3. The Hall–Kier alpha value is -1.23. The third kappa shape index (κ3) is 3.80. The lowest BCUT2D eigenvalue weighted by Gasteiger charge is -2.01. The van der Waals surface area contributed by atoms with Gasteiger partial charge in [-0.3, -0.25) is 14.4 Å². The van der Waals surface area contributed by atoms with Gasteiger partial charge in [-0.25, -0.2) is 4.79 Å². The first-order chi connectivity index (χ1) is 5.86. The predicted octanol–water partition coefficient (Wildman–Crippen LogP) is -0.158. The molecule has 0 spiro atoms. The Morgan fingerprint density at radius 3 is 1.92 bits per heavy atom. The first-order valence-corrected chi connectivity index (χ1v) is 3.71. The van der Waals surface area contributed by atoms with Crippen molar-refractivity contribution < 1.29 is 23.9 Å². The molecular formula is C7H7ClO5. The molecule has 0 aromatic carbocycles. The third-order valence-electron chi connectivity index (χ3n) is 1.02. The van der Waals surface area contributed by atoms with Gasteiger partial charge in [0.15, 0.2) is 11.2 Å². The highest BCUT2D eigenvalue weighted by Gasteiger charge is 2.29. The molecule has 13 heavy (non-hydrogen) atoms. The van der Waals surface area contributed by atoms with Gasteiger partial charge < -0.3 is 4.74 Å². The zero-order valence-corrected chi connectivity index (χ0v) is 7.75. The molecule has 0 aliphatic rings. The van der Waals surface area contributed by atoms with Gasteiger partial charge in [-0.05, 0) is 6.92 Å². The van der Waals surface area contributed by atoms with Crippen molar-refractivity contribution >= 4 is 35.1 Å². The molecule has 0 saturated heterocycles. The molecule has 1 unspecified atom stereocenters. The summed E-state index contributed by atoms with van der Waals surface area (Å²) in [6.45, 7) is 2.01. The van der Waals surface area contributed by atoms with E-state index < -0.39 is 28.9 Å². The Balaban J connectivity index is 4.35. The SMILES string of the molecule is CC(=O)OC(=O)C(=O)C(Cl)C(C)=O. The predicted molar refractivity (Wildman–Crippen MR) is 42.1 cm³/mol. The maximum absolute atomic E-state index is 10.8. The Kier molecular flexibility index (Phi) is 4.27. The molecule has 0 aromatic heterocycles. The molecule has 0 bridgehead atoms. The molecule has 6 heteroatoms. The van der Waals surface area contributed by atoms with Gasteiger partial charge in [-0.1, -0.05) is 0 Å². The lowest BCUT2D eigenvalue weighted by molar-refractivity contribution is -0.163. The van der Waals surface area contributed by atoms with Crippen molar-refractivity contribution in [2.75, 3.05) is 0 Å². The van der Waals surface area contributed by atoms with Crippen LogP contribution in [-0.2, 0) is 23.9 Å². The fourth-order valence-corrected chi connectivity index (χ4v) is 0.558. The second kappa shape index (κ2) is 4.71. The van der Waals surface area contributed by atoms with Crippen LogP contribution in [0.1, 0.15) is 13.8 Å². The fourth-order valence-electron chi connectivity index (χ4n) is 0.469.